The fourth-order valence-electron chi connectivity index (χ4n) is 1.53. The van der Waals surface area contributed by atoms with Gasteiger partial charge in [-0.2, -0.15) is 5.10 Å². The zero-order valence-corrected chi connectivity index (χ0v) is 9.34. The Labute approximate surface area is 99.2 Å². The van der Waals surface area contributed by atoms with Crippen molar-refractivity contribution in [2.24, 2.45) is 5.73 Å². The van der Waals surface area contributed by atoms with Gasteiger partial charge >= 0.3 is 0 Å². The molecule has 1 aromatic heterocycles. The third-order valence-corrected chi connectivity index (χ3v) is 2.38. The van der Waals surface area contributed by atoms with E-state index in [0.717, 1.165) is 18.8 Å². The van der Waals surface area contributed by atoms with Gasteiger partial charge in [0.1, 0.15) is 0 Å². The van der Waals surface area contributed by atoms with Gasteiger partial charge in [-0.3, -0.25) is 9.48 Å². The molecule has 0 aliphatic heterocycles. The number of nitrogens with zero attached hydrogens (tertiary/aromatic N) is 2. The van der Waals surface area contributed by atoms with Crippen molar-refractivity contribution in [3.63, 3.8) is 0 Å². The van der Waals surface area contributed by atoms with Gasteiger partial charge in [0, 0.05) is 30.2 Å². The Bertz CT molecular complexity index is 493. The smallest absolute Gasteiger partial charge is 0.248 e. The molecule has 0 spiro atoms. The lowest BCUT2D eigenvalue weighted by atomic mass is 10.2. The van der Waals surface area contributed by atoms with Crippen molar-refractivity contribution in [3.05, 3.63) is 48.3 Å². The van der Waals surface area contributed by atoms with E-state index in [1.54, 1.807) is 24.4 Å². The third-order valence-electron chi connectivity index (χ3n) is 2.38. The number of hydrogen-bond donors (Lipinski definition) is 2. The lowest BCUT2D eigenvalue weighted by Gasteiger charge is -2.07. The minimum absolute atomic E-state index is 0.416. The predicted octanol–water partition coefficient (Wildman–Crippen LogP) is 1.09. The van der Waals surface area contributed by atoms with Crippen LogP contribution in [0, 0.1) is 0 Å². The number of primary amides is 1. The quantitative estimate of drug-likeness (QED) is 0.807. The van der Waals surface area contributed by atoms with Crippen LogP contribution in [0.2, 0.25) is 0 Å². The molecule has 17 heavy (non-hydrogen) atoms. The van der Waals surface area contributed by atoms with Crippen molar-refractivity contribution < 1.29 is 4.79 Å². The first-order chi connectivity index (χ1) is 8.25. The standard InChI is InChI=1S/C12H14N4O/c13-12(17)10-3-1-4-11(9-10)14-6-8-16-7-2-5-15-16/h1-5,7,9,14H,6,8H2,(H2,13,17). The summed E-state index contributed by atoms with van der Waals surface area (Å²) >= 11 is 0. The SMILES string of the molecule is NC(=O)c1cccc(NCCn2cccn2)c1. The number of rotatable bonds is 5. The van der Waals surface area contributed by atoms with Crippen molar-refractivity contribution in [2.45, 2.75) is 6.54 Å². The van der Waals surface area contributed by atoms with E-state index < -0.39 is 5.91 Å². The van der Waals surface area contributed by atoms with Crippen molar-refractivity contribution >= 4 is 11.6 Å². The second-order valence-corrected chi connectivity index (χ2v) is 3.64. The maximum atomic E-state index is 11.0. The average molecular weight is 230 g/mol. The maximum absolute atomic E-state index is 11.0. The van der Waals surface area contributed by atoms with Gasteiger partial charge in [-0.1, -0.05) is 6.07 Å². The monoisotopic (exact) mass is 230 g/mol. The molecule has 0 aliphatic rings. The van der Waals surface area contributed by atoms with Crippen LogP contribution in [0.25, 0.3) is 0 Å². The number of carbonyl (C=O) groups is 1. The van der Waals surface area contributed by atoms with Crippen LogP contribution in [0.3, 0.4) is 0 Å². The molecule has 0 saturated carbocycles. The first-order valence-corrected chi connectivity index (χ1v) is 5.37. The van der Waals surface area contributed by atoms with Crippen molar-refractivity contribution in [1.82, 2.24) is 9.78 Å². The molecule has 0 atom stereocenters. The van der Waals surface area contributed by atoms with Crippen LogP contribution >= 0.6 is 0 Å². The summed E-state index contributed by atoms with van der Waals surface area (Å²) in [7, 11) is 0. The van der Waals surface area contributed by atoms with Crippen LogP contribution < -0.4 is 11.1 Å². The summed E-state index contributed by atoms with van der Waals surface area (Å²) in [6.07, 6.45) is 3.65. The first-order valence-electron chi connectivity index (χ1n) is 5.37. The number of hydrogen-bond acceptors (Lipinski definition) is 3. The van der Waals surface area contributed by atoms with Gasteiger partial charge < -0.3 is 11.1 Å². The summed E-state index contributed by atoms with van der Waals surface area (Å²) < 4.78 is 1.84. The van der Waals surface area contributed by atoms with E-state index >= 15 is 0 Å². The number of nitrogens with two attached hydrogens (primary N) is 1. The Hall–Kier alpha value is -2.30. The van der Waals surface area contributed by atoms with Crippen LogP contribution in [-0.2, 0) is 6.54 Å². The third kappa shape index (κ3) is 3.07. The minimum atomic E-state index is -0.416. The number of nitrogens with one attached hydrogen (secondary N) is 1. The number of benzene rings is 1. The normalized spacial score (nSPS) is 10.1. The van der Waals surface area contributed by atoms with E-state index in [2.05, 4.69) is 10.4 Å². The Kier molecular flexibility index (Phi) is 3.40. The number of amides is 1. The predicted molar refractivity (Wildman–Crippen MR) is 65.7 cm³/mol. The van der Waals surface area contributed by atoms with E-state index in [-0.39, 0.29) is 0 Å². The minimum Gasteiger partial charge on any atom is -0.383 e. The molecule has 0 unspecified atom stereocenters. The van der Waals surface area contributed by atoms with Crippen molar-refractivity contribution in [3.8, 4) is 0 Å². The van der Waals surface area contributed by atoms with E-state index in [1.165, 1.54) is 0 Å². The number of aromatic nitrogens is 2. The van der Waals surface area contributed by atoms with Gasteiger partial charge in [0.25, 0.3) is 0 Å². The number of carbonyl (C=O) groups excluding carboxylic acids is 1. The van der Waals surface area contributed by atoms with Crippen LogP contribution in [0.5, 0.6) is 0 Å². The van der Waals surface area contributed by atoms with E-state index in [9.17, 15) is 4.79 Å². The Balaban J connectivity index is 1.90. The topological polar surface area (TPSA) is 72.9 Å². The van der Waals surface area contributed by atoms with Gasteiger partial charge in [-0.25, -0.2) is 0 Å². The molecule has 5 nitrogen and oxygen atoms in total. The van der Waals surface area contributed by atoms with Gasteiger partial charge in [-0.05, 0) is 24.3 Å². The van der Waals surface area contributed by atoms with Crippen LogP contribution in [0.4, 0.5) is 5.69 Å². The highest BCUT2D eigenvalue weighted by Crippen LogP contribution is 2.09. The molecule has 3 N–H and O–H groups in total. The maximum Gasteiger partial charge on any atom is 0.248 e. The highest BCUT2D eigenvalue weighted by atomic mass is 16.1. The summed E-state index contributed by atoms with van der Waals surface area (Å²) in [6.45, 7) is 1.51. The van der Waals surface area contributed by atoms with Crippen molar-refractivity contribution in [1.29, 1.82) is 0 Å². The lowest BCUT2D eigenvalue weighted by molar-refractivity contribution is 0.100. The van der Waals surface area contributed by atoms with Gasteiger partial charge in [0.15, 0.2) is 0 Å². The lowest BCUT2D eigenvalue weighted by Crippen LogP contribution is -2.13. The second-order valence-electron chi connectivity index (χ2n) is 3.64. The summed E-state index contributed by atoms with van der Waals surface area (Å²) in [5.41, 5.74) is 6.60. The Morgan fingerprint density at radius 1 is 1.41 bits per heavy atom. The Morgan fingerprint density at radius 2 is 2.29 bits per heavy atom. The number of anilines is 1. The molecule has 2 aromatic rings. The van der Waals surface area contributed by atoms with Crippen LogP contribution in [-0.4, -0.2) is 22.2 Å². The second kappa shape index (κ2) is 5.16. The molecule has 0 fully saturated rings. The van der Waals surface area contributed by atoms with Crippen LogP contribution in [0.15, 0.2) is 42.7 Å². The molecule has 1 amide bonds. The molecule has 1 aromatic carbocycles. The van der Waals surface area contributed by atoms with Gasteiger partial charge in [0.05, 0.1) is 6.54 Å². The molecular formula is C12H14N4O. The molecule has 1 heterocycles. The molecular weight excluding hydrogens is 216 g/mol. The molecule has 0 aliphatic carbocycles. The zero-order valence-electron chi connectivity index (χ0n) is 9.34. The van der Waals surface area contributed by atoms with Crippen molar-refractivity contribution in [2.75, 3.05) is 11.9 Å². The van der Waals surface area contributed by atoms with Gasteiger partial charge in [0.2, 0.25) is 5.91 Å². The fraction of sp³-hybridized carbons (Fsp3) is 0.167. The summed E-state index contributed by atoms with van der Waals surface area (Å²) in [5, 5.41) is 7.31. The largest absolute Gasteiger partial charge is 0.383 e. The molecule has 0 radical (unpaired) electrons. The highest BCUT2D eigenvalue weighted by Gasteiger charge is 2.00. The Morgan fingerprint density at radius 3 is 3.00 bits per heavy atom. The molecule has 5 heteroatoms. The van der Waals surface area contributed by atoms with E-state index in [1.807, 2.05) is 23.0 Å². The van der Waals surface area contributed by atoms with E-state index in [0.29, 0.717) is 5.56 Å². The average Bonchev–Trinajstić information content (AvgIpc) is 2.82. The summed E-state index contributed by atoms with van der Waals surface area (Å²) in [6, 6.07) is 9.02. The molecule has 88 valence electrons. The summed E-state index contributed by atoms with van der Waals surface area (Å²) in [4.78, 5) is 11.0. The highest BCUT2D eigenvalue weighted by molar-refractivity contribution is 5.93. The van der Waals surface area contributed by atoms with E-state index in [4.69, 9.17) is 5.73 Å². The molecule has 2 rings (SSSR count). The fourth-order valence-corrected chi connectivity index (χ4v) is 1.53. The molecule has 0 bridgehead atoms. The zero-order chi connectivity index (χ0) is 12.1. The van der Waals surface area contributed by atoms with Gasteiger partial charge in [-0.15, -0.1) is 0 Å². The molecule has 0 saturated heterocycles. The van der Waals surface area contributed by atoms with Crippen LogP contribution in [0.1, 0.15) is 10.4 Å². The first kappa shape index (κ1) is 11.2. The summed E-state index contributed by atoms with van der Waals surface area (Å²) in [5.74, 6) is -0.416.